The van der Waals surface area contributed by atoms with Gasteiger partial charge < -0.3 is 5.32 Å². The van der Waals surface area contributed by atoms with Crippen molar-refractivity contribution in [1.29, 1.82) is 0 Å². The summed E-state index contributed by atoms with van der Waals surface area (Å²) in [6.07, 6.45) is 9.63. The first-order chi connectivity index (χ1) is 9.35. The summed E-state index contributed by atoms with van der Waals surface area (Å²) in [4.78, 5) is 0. The van der Waals surface area contributed by atoms with Crippen molar-refractivity contribution in [3.63, 3.8) is 0 Å². The Hall–Kier alpha value is -0.820. The maximum atomic E-state index is 3.75. The van der Waals surface area contributed by atoms with Crippen molar-refractivity contribution in [3.05, 3.63) is 35.4 Å². The number of rotatable bonds is 5. The van der Waals surface area contributed by atoms with Gasteiger partial charge in [-0.2, -0.15) is 0 Å². The number of nitrogens with one attached hydrogen (secondary N) is 1. The largest absolute Gasteiger partial charge is 0.310 e. The Balaban J connectivity index is 2.17. The Morgan fingerprint density at radius 1 is 1.11 bits per heavy atom. The average molecular weight is 259 g/mol. The first-order valence-electron chi connectivity index (χ1n) is 8.17. The zero-order valence-corrected chi connectivity index (χ0v) is 12.6. The number of aryl methyl sites for hydroxylation is 1. The number of benzene rings is 1. The molecule has 1 aliphatic carbocycles. The zero-order chi connectivity index (χ0) is 13.5. The highest BCUT2D eigenvalue weighted by molar-refractivity contribution is 5.26. The van der Waals surface area contributed by atoms with Crippen molar-refractivity contribution in [2.45, 2.75) is 64.8 Å². The number of hydrogen-bond acceptors (Lipinski definition) is 1. The average Bonchev–Trinajstić information content (AvgIpc) is 2.74. The van der Waals surface area contributed by atoms with Crippen molar-refractivity contribution in [2.24, 2.45) is 5.92 Å². The van der Waals surface area contributed by atoms with E-state index < -0.39 is 0 Å². The highest BCUT2D eigenvalue weighted by atomic mass is 14.9. The van der Waals surface area contributed by atoms with Crippen molar-refractivity contribution in [2.75, 3.05) is 6.54 Å². The zero-order valence-electron chi connectivity index (χ0n) is 12.6. The second-order valence-electron chi connectivity index (χ2n) is 5.89. The molecule has 1 N–H and O–H groups in total. The fourth-order valence-corrected chi connectivity index (χ4v) is 3.43. The van der Waals surface area contributed by atoms with Crippen LogP contribution in [-0.4, -0.2) is 6.54 Å². The third-order valence-corrected chi connectivity index (χ3v) is 4.51. The van der Waals surface area contributed by atoms with Gasteiger partial charge in [0.25, 0.3) is 0 Å². The van der Waals surface area contributed by atoms with Crippen LogP contribution < -0.4 is 5.32 Å². The minimum atomic E-state index is 0.564. The van der Waals surface area contributed by atoms with Gasteiger partial charge in [0.1, 0.15) is 0 Å². The molecular formula is C18H29N. The van der Waals surface area contributed by atoms with E-state index in [1.54, 1.807) is 0 Å². The summed E-state index contributed by atoms with van der Waals surface area (Å²) in [6, 6.07) is 9.78. The standard InChI is InChI=1S/C18H29N/c1-3-15-10-9-13-17(14-15)18(19-4-2)16-11-7-5-6-8-12-16/h9-10,13-14,16,18-19H,3-8,11-12H2,1-2H3. The molecule has 1 aliphatic rings. The van der Waals surface area contributed by atoms with Gasteiger partial charge in [0.15, 0.2) is 0 Å². The van der Waals surface area contributed by atoms with Gasteiger partial charge in [0.2, 0.25) is 0 Å². The van der Waals surface area contributed by atoms with Crippen LogP contribution in [0.3, 0.4) is 0 Å². The summed E-state index contributed by atoms with van der Waals surface area (Å²) >= 11 is 0. The summed E-state index contributed by atoms with van der Waals surface area (Å²) in [6.45, 7) is 5.54. The molecule has 0 aromatic heterocycles. The second kappa shape index (κ2) is 7.69. The topological polar surface area (TPSA) is 12.0 Å². The Morgan fingerprint density at radius 3 is 2.47 bits per heavy atom. The van der Waals surface area contributed by atoms with E-state index in [9.17, 15) is 0 Å². The molecule has 1 nitrogen and oxygen atoms in total. The van der Waals surface area contributed by atoms with E-state index in [1.165, 1.54) is 49.7 Å². The lowest BCUT2D eigenvalue weighted by Gasteiger charge is -2.28. The molecule has 0 bridgehead atoms. The molecule has 0 amide bonds. The van der Waals surface area contributed by atoms with E-state index in [-0.39, 0.29) is 0 Å². The summed E-state index contributed by atoms with van der Waals surface area (Å²) in [7, 11) is 0. The molecule has 0 saturated heterocycles. The van der Waals surface area contributed by atoms with Crippen LogP contribution in [0.2, 0.25) is 0 Å². The molecule has 1 unspecified atom stereocenters. The van der Waals surface area contributed by atoms with Gasteiger partial charge >= 0.3 is 0 Å². The van der Waals surface area contributed by atoms with Gasteiger partial charge in [-0.25, -0.2) is 0 Å². The van der Waals surface area contributed by atoms with Crippen LogP contribution in [0.4, 0.5) is 0 Å². The maximum absolute atomic E-state index is 3.75. The van der Waals surface area contributed by atoms with E-state index in [2.05, 4.69) is 43.4 Å². The molecule has 2 rings (SSSR count). The molecule has 0 radical (unpaired) electrons. The molecule has 1 saturated carbocycles. The Kier molecular flexibility index (Phi) is 5.91. The second-order valence-corrected chi connectivity index (χ2v) is 5.89. The smallest absolute Gasteiger partial charge is 0.0348 e. The quantitative estimate of drug-likeness (QED) is 0.744. The van der Waals surface area contributed by atoms with E-state index in [0.717, 1.165) is 18.9 Å². The monoisotopic (exact) mass is 259 g/mol. The van der Waals surface area contributed by atoms with Crippen molar-refractivity contribution >= 4 is 0 Å². The van der Waals surface area contributed by atoms with E-state index >= 15 is 0 Å². The molecule has 106 valence electrons. The molecule has 0 aliphatic heterocycles. The first kappa shape index (κ1) is 14.6. The van der Waals surface area contributed by atoms with Crippen LogP contribution >= 0.6 is 0 Å². The molecule has 1 aromatic rings. The van der Waals surface area contributed by atoms with Crippen molar-refractivity contribution in [3.8, 4) is 0 Å². The number of hydrogen-bond donors (Lipinski definition) is 1. The molecule has 19 heavy (non-hydrogen) atoms. The Labute approximate surface area is 118 Å². The predicted octanol–water partition coefficient (Wildman–Crippen LogP) is 4.87. The molecular weight excluding hydrogens is 230 g/mol. The van der Waals surface area contributed by atoms with Gasteiger partial charge in [0, 0.05) is 6.04 Å². The minimum absolute atomic E-state index is 0.564. The summed E-state index contributed by atoms with van der Waals surface area (Å²) in [5.41, 5.74) is 2.97. The highest BCUT2D eigenvalue weighted by Crippen LogP contribution is 2.33. The summed E-state index contributed by atoms with van der Waals surface area (Å²) in [5, 5.41) is 3.75. The fraction of sp³-hybridized carbons (Fsp3) is 0.667. The van der Waals surface area contributed by atoms with Gasteiger partial charge in [-0.1, -0.05) is 63.8 Å². The van der Waals surface area contributed by atoms with Crippen molar-refractivity contribution in [1.82, 2.24) is 5.32 Å². The van der Waals surface area contributed by atoms with Crippen LogP contribution in [0, 0.1) is 5.92 Å². The van der Waals surface area contributed by atoms with Gasteiger partial charge in [0.05, 0.1) is 0 Å². The molecule has 1 aromatic carbocycles. The van der Waals surface area contributed by atoms with Crippen LogP contribution in [0.1, 0.15) is 69.5 Å². The lowest BCUT2D eigenvalue weighted by atomic mass is 9.86. The molecule has 1 heteroatoms. The minimum Gasteiger partial charge on any atom is -0.310 e. The Bertz CT molecular complexity index is 364. The molecule has 1 fully saturated rings. The van der Waals surface area contributed by atoms with E-state index in [1.807, 2.05) is 0 Å². The summed E-state index contributed by atoms with van der Waals surface area (Å²) in [5.74, 6) is 0.828. The Morgan fingerprint density at radius 2 is 1.84 bits per heavy atom. The van der Waals surface area contributed by atoms with Crippen molar-refractivity contribution < 1.29 is 0 Å². The predicted molar refractivity (Wildman–Crippen MR) is 83.4 cm³/mol. The van der Waals surface area contributed by atoms with Gasteiger partial charge in [-0.3, -0.25) is 0 Å². The lowest BCUT2D eigenvalue weighted by Crippen LogP contribution is -2.28. The third-order valence-electron chi connectivity index (χ3n) is 4.51. The fourth-order valence-electron chi connectivity index (χ4n) is 3.43. The molecule has 0 heterocycles. The molecule has 1 atom stereocenters. The summed E-state index contributed by atoms with van der Waals surface area (Å²) < 4.78 is 0. The van der Waals surface area contributed by atoms with Gasteiger partial charge in [-0.05, 0) is 42.9 Å². The first-order valence-corrected chi connectivity index (χ1v) is 8.17. The van der Waals surface area contributed by atoms with E-state index in [0.29, 0.717) is 6.04 Å². The highest BCUT2D eigenvalue weighted by Gasteiger charge is 2.23. The molecule has 0 spiro atoms. The normalized spacial score (nSPS) is 19.1. The third kappa shape index (κ3) is 4.07. The van der Waals surface area contributed by atoms with E-state index in [4.69, 9.17) is 0 Å². The lowest BCUT2D eigenvalue weighted by molar-refractivity contribution is 0.330. The van der Waals surface area contributed by atoms with Gasteiger partial charge in [-0.15, -0.1) is 0 Å². The van der Waals surface area contributed by atoms with Crippen LogP contribution in [0.5, 0.6) is 0 Å². The van der Waals surface area contributed by atoms with Crippen LogP contribution in [0.25, 0.3) is 0 Å². The maximum Gasteiger partial charge on any atom is 0.0348 e. The SMILES string of the molecule is CCNC(c1cccc(CC)c1)C1CCCCCC1. The van der Waals surface area contributed by atoms with Crippen LogP contribution in [0.15, 0.2) is 24.3 Å². The van der Waals surface area contributed by atoms with Crippen LogP contribution in [-0.2, 0) is 6.42 Å².